The van der Waals surface area contributed by atoms with Gasteiger partial charge < -0.3 is 5.32 Å². The van der Waals surface area contributed by atoms with E-state index in [0.717, 1.165) is 23.2 Å². The Bertz CT molecular complexity index is 836. The first-order valence-electron chi connectivity index (χ1n) is 8.08. The van der Waals surface area contributed by atoms with Crippen LogP contribution in [0.5, 0.6) is 0 Å². The van der Waals surface area contributed by atoms with Crippen LogP contribution in [0, 0.1) is 6.92 Å². The Hall–Kier alpha value is -2.94. The fraction of sp³-hybridized carbons (Fsp3) is 0.143. The van der Waals surface area contributed by atoms with E-state index in [2.05, 4.69) is 36.3 Å². The molecule has 120 valence electrons. The summed E-state index contributed by atoms with van der Waals surface area (Å²) in [7, 11) is 0. The Morgan fingerprint density at radius 3 is 2.33 bits per heavy atom. The van der Waals surface area contributed by atoms with Gasteiger partial charge >= 0.3 is 0 Å². The lowest BCUT2D eigenvalue weighted by molar-refractivity contribution is 0.102. The van der Waals surface area contributed by atoms with Crippen molar-refractivity contribution in [2.45, 2.75) is 20.3 Å². The molecule has 0 spiro atoms. The smallest absolute Gasteiger partial charge is 0.257 e. The van der Waals surface area contributed by atoms with Gasteiger partial charge in [0.1, 0.15) is 0 Å². The number of hydrogen-bond acceptors (Lipinski definition) is 2. The van der Waals surface area contributed by atoms with Crippen LogP contribution >= 0.6 is 0 Å². The van der Waals surface area contributed by atoms with Gasteiger partial charge in [-0.1, -0.05) is 48.9 Å². The minimum absolute atomic E-state index is 0.152. The molecule has 1 aromatic heterocycles. The molecule has 2 aromatic carbocycles. The van der Waals surface area contributed by atoms with E-state index in [9.17, 15) is 4.79 Å². The second-order valence-corrected chi connectivity index (χ2v) is 5.83. The number of carbonyl (C=O) groups is 1. The zero-order chi connectivity index (χ0) is 16.9. The van der Waals surface area contributed by atoms with Crippen molar-refractivity contribution in [2.24, 2.45) is 0 Å². The second-order valence-electron chi connectivity index (χ2n) is 5.83. The quantitative estimate of drug-likeness (QED) is 0.746. The molecule has 0 unspecified atom stereocenters. The maximum absolute atomic E-state index is 12.5. The summed E-state index contributed by atoms with van der Waals surface area (Å²) in [5.41, 5.74) is 5.77. The van der Waals surface area contributed by atoms with Gasteiger partial charge in [0.15, 0.2) is 0 Å². The first-order chi connectivity index (χ1) is 11.7. The van der Waals surface area contributed by atoms with Gasteiger partial charge in [0.2, 0.25) is 0 Å². The van der Waals surface area contributed by atoms with Crippen LogP contribution < -0.4 is 5.32 Å². The van der Waals surface area contributed by atoms with Crippen LogP contribution in [-0.2, 0) is 6.42 Å². The predicted octanol–water partition coefficient (Wildman–Crippen LogP) is 4.87. The Morgan fingerprint density at radius 1 is 0.958 bits per heavy atom. The van der Waals surface area contributed by atoms with E-state index >= 15 is 0 Å². The van der Waals surface area contributed by atoms with Crippen LogP contribution in [0.2, 0.25) is 0 Å². The molecular formula is C21H20N2O. The van der Waals surface area contributed by atoms with Crippen molar-refractivity contribution in [3.8, 4) is 11.1 Å². The van der Waals surface area contributed by atoms with E-state index in [0.29, 0.717) is 5.56 Å². The molecule has 0 aliphatic heterocycles. The molecule has 3 aromatic rings. The number of carbonyl (C=O) groups excluding carboxylic acids is 1. The molecule has 1 N–H and O–H groups in total. The highest BCUT2D eigenvalue weighted by molar-refractivity contribution is 6.04. The number of amides is 1. The Kier molecular flexibility index (Phi) is 4.71. The fourth-order valence-corrected chi connectivity index (χ4v) is 2.50. The molecular weight excluding hydrogens is 296 g/mol. The molecule has 24 heavy (non-hydrogen) atoms. The number of anilines is 1. The molecule has 1 heterocycles. The largest absolute Gasteiger partial charge is 0.322 e. The molecule has 1 amide bonds. The summed E-state index contributed by atoms with van der Waals surface area (Å²) in [6.45, 7) is 4.16. The second kappa shape index (κ2) is 7.09. The van der Waals surface area contributed by atoms with Crippen molar-refractivity contribution in [1.29, 1.82) is 0 Å². The highest BCUT2D eigenvalue weighted by Gasteiger charge is 2.08. The van der Waals surface area contributed by atoms with Crippen LogP contribution in [0.3, 0.4) is 0 Å². The molecule has 0 saturated carbocycles. The summed E-state index contributed by atoms with van der Waals surface area (Å²) < 4.78 is 0. The number of aryl methyl sites for hydroxylation is 2. The van der Waals surface area contributed by atoms with Crippen LogP contribution in [0.4, 0.5) is 5.69 Å². The van der Waals surface area contributed by atoms with Gasteiger partial charge in [-0.25, -0.2) is 0 Å². The van der Waals surface area contributed by atoms with Crippen molar-refractivity contribution in [3.63, 3.8) is 0 Å². The first-order valence-corrected chi connectivity index (χ1v) is 8.08. The van der Waals surface area contributed by atoms with E-state index in [1.54, 1.807) is 12.4 Å². The van der Waals surface area contributed by atoms with Crippen molar-refractivity contribution in [2.75, 3.05) is 5.32 Å². The molecule has 3 nitrogen and oxygen atoms in total. The normalized spacial score (nSPS) is 10.4. The molecule has 3 rings (SSSR count). The number of pyridine rings is 1. The Labute approximate surface area is 142 Å². The summed E-state index contributed by atoms with van der Waals surface area (Å²) in [5.74, 6) is -0.152. The molecule has 3 heteroatoms. The average molecular weight is 316 g/mol. The van der Waals surface area contributed by atoms with Crippen molar-refractivity contribution in [3.05, 3.63) is 83.7 Å². The summed E-state index contributed by atoms with van der Waals surface area (Å²) in [6.07, 6.45) is 4.35. The molecule has 0 aliphatic rings. The van der Waals surface area contributed by atoms with Crippen molar-refractivity contribution < 1.29 is 4.79 Å². The average Bonchev–Trinajstić information content (AvgIpc) is 2.63. The van der Waals surface area contributed by atoms with Gasteiger partial charge in [-0.15, -0.1) is 0 Å². The number of aromatic nitrogens is 1. The van der Waals surface area contributed by atoms with Crippen molar-refractivity contribution in [1.82, 2.24) is 4.98 Å². The van der Waals surface area contributed by atoms with Gasteiger partial charge in [-0.2, -0.15) is 0 Å². The van der Waals surface area contributed by atoms with Crippen LogP contribution in [-0.4, -0.2) is 10.9 Å². The lowest BCUT2D eigenvalue weighted by atomic mass is 10.0. The summed E-state index contributed by atoms with van der Waals surface area (Å²) in [4.78, 5) is 16.7. The standard InChI is InChI=1S/C21H20N2O/c1-3-16-6-10-20(11-7-16)23-21(24)19-12-18(13-22-14-19)17-8-4-15(2)5-9-17/h4-14H,3H2,1-2H3,(H,23,24). The minimum Gasteiger partial charge on any atom is -0.322 e. The summed E-state index contributed by atoms with van der Waals surface area (Å²) >= 11 is 0. The zero-order valence-corrected chi connectivity index (χ0v) is 13.9. The first kappa shape index (κ1) is 15.9. The topological polar surface area (TPSA) is 42.0 Å². The number of nitrogens with one attached hydrogen (secondary N) is 1. The molecule has 0 atom stereocenters. The van der Waals surface area contributed by atoms with Crippen LogP contribution in [0.15, 0.2) is 67.0 Å². The van der Waals surface area contributed by atoms with Gasteiger partial charge in [-0.3, -0.25) is 9.78 Å². The maximum atomic E-state index is 12.5. The van der Waals surface area contributed by atoms with E-state index in [1.807, 2.05) is 42.5 Å². The Balaban J connectivity index is 1.79. The van der Waals surface area contributed by atoms with Crippen LogP contribution in [0.25, 0.3) is 11.1 Å². The SMILES string of the molecule is CCc1ccc(NC(=O)c2cncc(-c3ccc(C)cc3)c2)cc1. The molecule has 0 radical (unpaired) electrons. The van der Waals surface area contributed by atoms with E-state index in [4.69, 9.17) is 0 Å². The lowest BCUT2D eigenvalue weighted by Gasteiger charge is -2.08. The Morgan fingerprint density at radius 2 is 1.67 bits per heavy atom. The number of rotatable bonds is 4. The van der Waals surface area contributed by atoms with Gasteiger partial charge in [0, 0.05) is 23.6 Å². The molecule has 0 saturated heterocycles. The van der Waals surface area contributed by atoms with Crippen molar-refractivity contribution >= 4 is 11.6 Å². The van der Waals surface area contributed by atoms with E-state index < -0.39 is 0 Å². The van der Waals surface area contributed by atoms with E-state index in [-0.39, 0.29) is 5.91 Å². The van der Waals surface area contributed by atoms with Crippen LogP contribution in [0.1, 0.15) is 28.4 Å². The molecule has 0 fully saturated rings. The number of hydrogen-bond donors (Lipinski definition) is 1. The summed E-state index contributed by atoms with van der Waals surface area (Å²) in [5, 5.41) is 2.92. The number of benzene rings is 2. The minimum atomic E-state index is -0.152. The number of nitrogens with zero attached hydrogens (tertiary/aromatic N) is 1. The predicted molar refractivity (Wildman–Crippen MR) is 98.2 cm³/mol. The third kappa shape index (κ3) is 3.69. The highest BCUT2D eigenvalue weighted by Crippen LogP contribution is 2.20. The fourth-order valence-electron chi connectivity index (χ4n) is 2.50. The van der Waals surface area contributed by atoms with Gasteiger partial charge in [-0.05, 0) is 42.7 Å². The third-order valence-corrected chi connectivity index (χ3v) is 4.01. The van der Waals surface area contributed by atoms with Gasteiger partial charge in [0.25, 0.3) is 5.91 Å². The summed E-state index contributed by atoms with van der Waals surface area (Å²) in [6, 6.07) is 18.0. The highest BCUT2D eigenvalue weighted by atomic mass is 16.1. The molecule has 0 aliphatic carbocycles. The monoisotopic (exact) mass is 316 g/mol. The van der Waals surface area contributed by atoms with Gasteiger partial charge in [0.05, 0.1) is 5.56 Å². The third-order valence-electron chi connectivity index (χ3n) is 4.01. The zero-order valence-electron chi connectivity index (χ0n) is 13.9. The van der Waals surface area contributed by atoms with E-state index in [1.165, 1.54) is 11.1 Å². The molecule has 0 bridgehead atoms. The maximum Gasteiger partial charge on any atom is 0.257 e. The lowest BCUT2D eigenvalue weighted by Crippen LogP contribution is -2.12.